The summed E-state index contributed by atoms with van der Waals surface area (Å²) in [5.74, 6) is -0.361. The molecule has 2 atom stereocenters. The zero-order valence-corrected chi connectivity index (χ0v) is 16.3. The monoisotopic (exact) mass is 377 g/mol. The van der Waals surface area contributed by atoms with Gasteiger partial charge in [0.1, 0.15) is 11.3 Å². The Balaban J connectivity index is 2.15. The van der Waals surface area contributed by atoms with Gasteiger partial charge in [0.15, 0.2) is 5.82 Å². The number of aromatic nitrogens is 2. The summed E-state index contributed by atoms with van der Waals surface area (Å²) in [4.78, 5) is 28.7. The largest absolute Gasteiger partial charge is 0.480 e. The van der Waals surface area contributed by atoms with Crippen molar-refractivity contribution in [3.8, 4) is 0 Å². The molecule has 1 heterocycles. The summed E-state index contributed by atoms with van der Waals surface area (Å²) in [6.07, 6.45) is 0. The Bertz CT molecular complexity index is 798. The highest BCUT2D eigenvalue weighted by Crippen LogP contribution is 2.27. The third kappa shape index (κ3) is 4.85. The lowest BCUT2D eigenvalue weighted by molar-refractivity contribution is -0.136. The van der Waals surface area contributed by atoms with Gasteiger partial charge in [0.25, 0.3) is 5.91 Å². The molecule has 2 N–H and O–H groups in total. The molecule has 2 rings (SSSR count). The van der Waals surface area contributed by atoms with Gasteiger partial charge in [-0.1, -0.05) is 38.1 Å². The molecule has 0 saturated heterocycles. The fraction of sp³-hybridized carbons (Fsp3) is 0.444. The molecule has 0 spiro atoms. The molecule has 26 heavy (non-hydrogen) atoms. The maximum absolute atomic E-state index is 12.6. The normalized spacial score (nSPS) is 13.9. The Morgan fingerprint density at radius 3 is 2.46 bits per heavy atom. The van der Waals surface area contributed by atoms with Gasteiger partial charge in [-0.2, -0.15) is 4.98 Å². The number of nitrogens with one attached hydrogen (secondary N) is 1. The van der Waals surface area contributed by atoms with Gasteiger partial charge >= 0.3 is 5.97 Å². The summed E-state index contributed by atoms with van der Waals surface area (Å²) >= 11 is 1.13. The summed E-state index contributed by atoms with van der Waals surface area (Å²) in [6, 6.07) is 6.42. The minimum Gasteiger partial charge on any atom is -0.480 e. The standard InChI is InChI=1S/C18H23N3O4S/c1-10(15-20-17(21-25-15)18(3,4)5)19-14(22)12-8-6-7-9-13(12)26-11(2)16(23)24/h6-11H,1-5H3,(H,19,22)(H,23,24). The van der Waals surface area contributed by atoms with Gasteiger partial charge in [-0.15, -0.1) is 11.8 Å². The van der Waals surface area contributed by atoms with E-state index in [-0.39, 0.29) is 11.3 Å². The van der Waals surface area contributed by atoms with Gasteiger partial charge in [-0.25, -0.2) is 0 Å². The van der Waals surface area contributed by atoms with Crippen LogP contribution in [0.4, 0.5) is 0 Å². The Hall–Kier alpha value is -2.35. The molecule has 8 heteroatoms. The molecule has 0 aliphatic heterocycles. The van der Waals surface area contributed by atoms with Crippen molar-refractivity contribution in [3.05, 3.63) is 41.5 Å². The molecule has 0 fully saturated rings. The molecule has 7 nitrogen and oxygen atoms in total. The predicted octanol–water partition coefficient (Wildman–Crippen LogP) is 3.42. The van der Waals surface area contributed by atoms with Crippen molar-refractivity contribution in [2.24, 2.45) is 0 Å². The minimum atomic E-state index is -0.931. The lowest BCUT2D eigenvalue weighted by atomic mass is 9.96. The van der Waals surface area contributed by atoms with Crippen LogP contribution < -0.4 is 5.32 Å². The molecule has 0 saturated carbocycles. The lowest BCUT2D eigenvalue weighted by Crippen LogP contribution is -2.27. The second-order valence-electron chi connectivity index (χ2n) is 7.00. The average molecular weight is 377 g/mol. The van der Waals surface area contributed by atoms with Gasteiger partial charge < -0.3 is 14.9 Å². The molecule has 1 amide bonds. The first kappa shape index (κ1) is 20.0. The number of rotatable bonds is 6. The van der Waals surface area contributed by atoms with Gasteiger partial charge in [0.2, 0.25) is 5.89 Å². The summed E-state index contributed by atoms with van der Waals surface area (Å²) < 4.78 is 5.26. The fourth-order valence-corrected chi connectivity index (χ4v) is 2.98. The van der Waals surface area contributed by atoms with Crippen LogP contribution in [0.25, 0.3) is 0 Å². The maximum atomic E-state index is 12.6. The molecule has 0 aliphatic rings. The highest BCUT2D eigenvalue weighted by Gasteiger charge is 2.25. The van der Waals surface area contributed by atoms with Crippen LogP contribution >= 0.6 is 11.8 Å². The van der Waals surface area contributed by atoms with Gasteiger partial charge in [0.05, 0.1) is 5.56 Å². The maximum Gasteiger partial charge on any atom is 0.316 e. The molecule has 2 aromatic rings. The van der Waals surface area contributed by atoms with Crippen LogP contribution in [0.2, 0.25) is 0 Å². The number of benzene rings is 1. The summed E-state index contributed by atoms with van der Waals surface area (Å²) in [5.41, 5.74) is 0.162. The fourth-order valence-electron chi connectivity index (χ4n) is 2.05. The topological polar surface area (TPSA) is 105 Å². The Kier molecular flexibility index (Phi) is 6.07. The average Bonchev–Trinajstić information content (AvgIpc) is 3.05. The molecule has 0 bridgehead atoms. The van der Waals surface area contributed by atoms with E-state index in [0.717, 1.165) is 11.8 Å². The molecule has 0 aliphatic carbocycles. The van der Waals surface area contributed by atoms with Crippen LogP contribution in [-0.4, -0.2) is 32.4 Å². The minimum absolute atomic E-state index is 0.248. The Morgan fingerprint density at radius 2 is 1.88 bits per heavy atom. The SMILES string of the molecule is CC(Sc1ccccc1C(=O)NC(C)c1nc(C(C)(C)C)no1)C(=O)O. The van der Waals surface area contributed by atoms with Crippen LogP contribution in [0.15, 0.2) is 33.7 Å². The number of amides is 1. The van der Waals surface area contributed by atoms with Crippen molar-refractivity contribution >= 4 is 23.6 Å². The molecule has 1 aromatic carbocycles. The molecule has 140 valence electrons. The first-order valence-electron chi connectivity index (χ1n) is 8.23. The van der Waals surface area contributed by atoms with Crippen molar-refractivity contribution in [2.75, 3.05) is 0 Å². The van der Waals surface area contributed by atoms with E-state index in [2.05, 4.69) is 15.5 Å². The zero-order chi connectivity index (χ0) is 19.5. The second kappa shape index (κ2) is 7.90. The molecular formula is C18H23N3O4S. The number of thioether (sulfide) groups is 1. The second-order valence-corrected chi connectivity index (χ2v) is 8.38. The number of hydrogen-bond donors (Lipinski definition) is 2. The molecule has 2 unspecified atom stereocenters. The van der Waals surface area contributed by atoms with Crippen molar-refractivity contribution in [1.82, 2.24) is 15.5 Å². The van der Waals surface area contributed by atoms with Crippen molar-refractivity contribution in [3.63, 3.8) is 0 Å². The number of carbonyl (C=O) groups is 2. The van der Waals surface area contributed by atoms with E-state index >= 15 is 0 Å². The number of carboxylic acid groups (broad SMARTS) is 1. The Morgan fingerprint density at radius 1 is 1.23 bits per heavy atom. The summed E-state index contributed by atoms with van der Waals surface area (Å²) in [5, 5.41) is 15.2. The van der Waals surface area contributed by atoms with Crippen LogP contribution in [0.1, 0.15) is 62.7 Å². The third-order valence-electron chi connectivity index (χ3n) is 3.61. The van der Waals surface area contributed by atoms with Crippen molar-refractivity contribution in [2.45, 2.75) is 56.2 Å². The summed E-state index contributed by atoms with van der Waals surface area (Å²) in [6.45, 7) is 9.26. The predicted molar refractivity (Wildman–Crippen MR) is 98.3 cm³/mol. The molecule has 0 radical (unpaired) electrons. The number of aliphatic carboxylic acids is 1. The Labute approximate surface area is 156 Å². The summed E-state index contributed by atoms with van der Waals surface area (Å²) in [7, 11) is 0. The highest BCUT2D eigenvalue weighted by atomic mass is 32.2. The van der Waals surface area contributed by atoms with Crippen molar-refractivity contribution in [1.29, 1.82) is 0 Å². The first-order valence-corrected chi connectivity index (χ1v) is 9.11. The number of carboxylic acids is 1. The van der Waals surface area contributed by atoms with Gasteiger partial charge in [-0.3, -0.25) is 9.59 Å². The highest BCUT2D eigenvalue weighted by molar-refractivity contribution is 8.00. The van der Waals surface area contributed by atoms with E-state index in [4.69, 9.17) is 9.63 Å². The van der Waals surface area contributed by atoms with E-state index in [9.17, 15) is 9.59 Å². The van der Waals surface area contributed by atoms with E-state index in [1.807, 2.05) is 20.8 Å². The quantitative estimate of drug-likeness (QED) is 0.743. The van der Waals surface area contributed by atoms with E-state index in [0.29, 0.717) is 22.2 Å². The first-order chi connectivity index (χ1) is 12.1. The number of nitrogens with zero attached hydrogens (tertiary/aromatic N) is 2. The van der Waals surface area contributed by atoms with Gasteiger partial charge in [0, 0.05) is 10.3 Å². The van der Waals surface area contributed by atoms with E-state index < -0.39 is 17.3 Å². The van der Waals surface area contributed by atoms with E-state index in [1.165, 1.54) is 0 Å². The zero-order valence-electron chi connectivity index (χ0n) is 15.4. The van der Waals surface area contributed by atoms with Crippen molar-refractivity contribution < 1.29 is 19.2 Å². The lowest BCUT2D eigenvalue weighted by Gasteiger charge is -2.14. The van der Waals surface area contributed by atoms with E-state index in [1.54, 1.807) is 38.1 Å². The smallest absolute Gasteiger partial charge is 0.316 e. The van der Waals surface area contributed by atoms with Gasteiger partial charge in [-0.05, 0) is 26.0 Å². The van der Waals surface area contributed by atoms with Crippen LogP contribution in [0.5, 0.6) is 0 Å². The third-order valence-corrected chi connectivity index (χ3v) is 4.78. The molecule has 1 aromatic heterocycles. The van der Waals surface area contributed by atoms with Crippen LogP contribution in [0, 0.1) is 0 Å². The number of carbonyl (C=O) groups excluding carboxylic acids is 1. The molecular weight excluding hydrogens is 354 g/mol. The number of hydrogen-bond acceptors (Lipinski definition) is 6. The van der Waals surface area contributed by atoms with Crippen LogP contribution in [-0.2, 0) is 10.2 Å². The van der Waals surface area contributed by atoms with Crippen LogP contribution in [0.3, 0.4) is 0 Å².